The van der Waals surface area contributed by atoms with Gasteiger partial charge in [0.1, 0.15) is 10.6 Å². The van der Waals surface area contributed by atoms with Gasteiger partial charge in [-0.3, -0.25) is 9.36 Å². The monoisotopic (exact) mass is 453 g/mol. The first-order valence-electron chi connectivity index (χ1n) is 9.25. The van der Waals surface area contributed by atoms with E-state index in [9.17, 15) is 17.6 Å². The highest BCUT2D eigenvalue weighted by Crippen LogP contribution is 2.35. The average molecular weight is 454 g/mol. The van der Waals surface area contributed by atoms with E-state index in [1.165, 1.54) is 38.6 Å². The van der Waals surface area contributed by atoms with E-state index < -0.39 is 15.8 Å². The standard InChI is InChI=1S/C19H20FN3O3S3/c1-29(25,26)21-10-11-27-19-22-17-16(12-6-2-5-9-15(12)28-17)18(24)23(19)14-8-4-3-7-13(14)20/h3-4,7-8,21H,2,5-6,9-11H2,1H3. The Labute approximate surface area is 176 Å². The number of fused-ring (bicyclic) bond motifs is 3. The van der Waals surface area contributed by atoms with Crippen LogP contribution in [0.1, 0.15) is 23.3 Å². The Morgan fingerprint density at radius 3 is 2.79 bits per heavy atom. The number of benzene rings is 1. The minimum Gasteiger partial charge on any atom is -0.268 e. The minimum atomic E-state index is -3.30. The number of nitrogens with zero attached hydrogens (tertiary/aromatic N) is 2. The number of rotatable bonds is 6. The van der Waals surface area contributed by atoms with Crippen molar-refractivity contribution in [3.8, 4) is 5.69 Å². The molecule has 0 radical (unpaired) electrons. The van der Waals surface area contributed by atoms with E-state index in [1.807, 2.05) is 0 Å². The minimum absolute atomic E-state index is 0.154. The fraction of sp³-hybridized carbons (Fsp3) is 0.368. The van der Waals surface area contributed by atoms with Crippen LogP contribution in [0.4, 0.5) is 4.39 Å². The molecule has 0 bridgehead atoms. The van der Waals surface area contributed by atoms with Gasteiger partial charge in [0.15, 0.2) is 5.16 Å². The number of hydrogen-bond donors (Lipinski definition) is 1. The third-order valence-electron chi connectivity index (χ3n) is 4.75. The molecule has 4 rings (SSSR count). The van der Waals surface area contributed by atoms with E-state index in [4.69, 9.17) is 4.98 Å². The lowest BCUT2D eigenvalue weighted by atomic mass is 9.97. The van der Waals surface area contributed by atoms with Crippen LogP contribution >= 0.6 is 23.1 Å². The second-order valence-corrected chi connectivity index (χ2v) is 10.9. The van der Waals surface area contributed by atoms with Crippen molar-refractivity contribution in [1.82, 2.24) is 14.3 Å². The lowest BCUT2D eigenvalue weighted by Gasteiger charge is -2.14. The van der Waals surface area contributed by atoms with Crippen molar-refractivity contribution in [2.24, 2.45) is 0 Å². The first-order valence-corrected chi connectivity index (χ1v) is 12.9. The molecular weight excluding hydrogens is 433 g/mol. The van der Waals surface area contributed by atoms with Gasteiger partial charge in [0.05, 0.1) is 17.3 Å². The third kappa shape index (κ3) is 4.25. The van der Waals surface area contributed by atoms with E-state index in [2.05, 4.69) is 4.72 Å². The van der Waals surface area contributed by atoms with Gasteiger partial charge in [-0.2, -0.15) is 0 Å². The van der Waals surface area contributed by atoms with E-state index in [0.29, 0.717) is 21.1 Å². The Hall–Kier alpha value is -1.75. The SMILES string of the molecule is CS(=O)(=O)NCCSc1nc2sc3c(c2c(=O)n1-c1ccccc1F)CCCC3. The van der Waals surface area contributed by atoms with Gasteiger partial charge >= 0.3 is 0 Å². The summed E-state index contributed by atoms with van der Waals surface area (Å²) in [5, 5.41) is 0.952. The lowest BCUT2D eigenvalue weighted by Crippen LogP contribution is -2.26. The topological polar surface area (TPSA) is 81.1 Å². The maximum Gasteiger partial charge on any atom is 0.267 e. The number of aryl methyl sites for hydroxylation is 2. The van der Waals surface area contributed by atoms with E-state index in [-0.39, 0.29) is 17.8 Å². The molecule has 0 saturated heterocycles. The van der Waals surface area contributed by atoms with Gasteiger partial charge in [-0.15, -0.1) is 11.3 Å². The van der Waals surface area contributed by atoms with Crippen LogP contribution in [0, 0.1) is 5.82 Å². The van der Waals surface area contributed by atoms with Gasteiger partial charge in [-0.1, -0.05) is 23.9 Å². The highest BCUT2D eigenvalue weighted by atomic mass is 32.2. The van der Waals surface area contributed by atoms with Crippen molar-refractivity contribution in [3.05, 3.63) is 50.9 Å². The largest absolute Gasteiger partial charge is 0.268 e. The van der Waals surface area contributed by atoms with Crippen LogP contribution in [0.15, 0.2) is 34.2 Å². The van der Waals surface area contributed by atoms with Crippen LogP contribution in [0.3, 0.4) is 0 Å². The highest BCUT2D eigenvalue weighted by Gasteiger charge is 2.23. The maximum absolute atomic E-state index is 14.6. The number of thioether (sulfide) groups is 1. The summed E-state index contributed by atoms with van der Waals surface area (Å²) in [5.41, 5.74) is 0.938. The molecule has 0 atom stereocenters. The zero-order chi connectivity index (χ0) is 20.6. The van der Waals surface area contributed by atoms with Gasteiger partial charge in [0.2, 0.25) is 10.0 Å². The fourth-order valence-electron chi connectivity index (χ4n) is 3.50. The Morgan fingerprint density at radius 1 is 1.28 bits per heavy atom. The first-order chi connectivity index (χ1) is 13.8. The lowest BCUT2D eigenvalue weighted by molar-refractivity contribution is 0.590. The predicted molar refractivity (Wildman–Crippen MR) is 115 cm³/mol. The smallest absolute Gasteiger partial charge is 0.267 e. The summed E-state index contributed by atoms with van der Waals surface area (Å²) in [5.74, 6) is -0.138. The number of sulfonamides is 1. The van der Waals surface area contributed by atoms with Crippen LogP contribution in [0.2, 0.25) is 0 Å². The summed E-state index contributed by atoms with van der Waals surface area (Å²) in [4.78, 5) is 20.0. The molecular formula is C19H20FN3O3S3. The summed E-state index contributed by atoms with van der Waals surface area (Å²) in [6.45, 7) is 0.190. The van der Waals surface area contributed by atoms with Crippen molar-refractivity contribution in [2.75, 3.05) is 18.6 Å². The van der Waals surface area contributed by atoms with Crippen molar-refractivity contribution < 1.29 is 12.8 Å². The zero-order valence-corrected chi connectivity index (χ0v) is 18.2. The summed E-state index contributed by atoms with van der Waals surface area (Å²) in [6.07, 6.45) is 5.00. The Kier molecular flexibility index (Phi) is 5.78. The molecule has 2 aromatic heterocycles. The molecule has 2 heterocycles. The van der Waals surface area contributed by atoms with Gasteiger partial charge in [0.25, 0.3) is 5.56 Å². The summed E-state index contributed by atoms with van der Waals surface area (Å²) in [7, 11) is -3.30. The normalized spacial score (nSPS) is 14.3. The van der Waals surface area contributed by atoms with Gasteiger partial charge < -0.3 is 0 Å². The second kappa shape index (κ2) is 8.17. The Morgan fingerprint density at radius 2 is 2.03 bits per heavy atom. The molecule has 0 unspecified atom stereocenters. The van der Waals surface area contributed by atoms with E-state index >= 15 is 0 Å². The number of thiophene rings is 1. The Balaban J connectivity index is 1.83. The third-order valence-corrected chi connectivity index (χ3v) is 7.60. The summed E-state index contributed by atoms with van der Waals surface area (Å²) < 4.78 is 40.9. The number of hydrogen-bond acceptors (Lipinski definition) is 6. The van der Waals surface area contributed by atoms with Crippen molar-refractivity contribution >= 4 is 43.3 Å². The molecule has 0 fully saturated rings. The Bertz CT molecular complexity index is 1230. The van der Waals surface area contributed by atoms with Crippen molar-refractivity contribution in [2.45, 2.75) is 30.8 Å². The molecule has 154 valence electrons. The molecule has 0 amide bonds. The highest BCUT2D eigenvalue weighted by molar-refractivity contribution is 7.99. The molecule has 1 aliphatic rings. The summed E-state index contributed by atoms with van der Waals surface area (Å²) >= 11 is 2.77. The van der Waals surface area contributed by atoms with Crippen molar-refractivity contribution in [3.63, 3.8) is 0 Å². The molecule has 0 aliphatic heterocycles. The molecule has 1 aromatic carbocycles. The number of aromatic nitrogens is 2. The van der Waals surface area contributed by atoms with Crippen LogP contribution in [0.25, 0.3) is 15.9 Å². The van der Waals surface area contributed by atoms with Crippen LogP contribution in [0.5, 0.6) is 0 Å². The quantitative estimate of drug-likeness (QED) is 0.352. The van der Waals surface area contributed by atoms with Crippen LogP contribution < -0.4 is 10.3 Å². The van der Waals surface area contributed by atoms with Gasteiger partial charge in [-0.05, 0) is 43.4 Å². The first kappa shape index (κ1) is 20.5. The van der Waals surface area contributed by atoms with Crippen molar-refractivity contribution in [1.29, 1.82) is 0 Å². The van der Waals surface area contributed by atoms with Gasteiger partial charge in [-0.25, -0.2) is 22.5 Å². The maximum atomic E-state index is 14.6. The van der Waals surface area contributed by atoms with Gasteiger partial charge in [0, 0.05) is 17.2 Å². The van der Waals surface area contributed by atoms with Crippen LogP contribution in [-0.2, 0) is 22.9 Å². The molecule has 1 aliphatic carbocycles. The van der Waals surface area contributed by atoms with E-state index in [1.54, 1.807) is 18.2 Å². The second-order valence-electron chi connectivity index (χ2n) is 6.89. The average Bonchev–Trinajstić information content (AvgIpc) is 3.04. The van der Waals surface area contributed by atoms with E-state index in [0.717, 1.165) is 37.5 Å². The fourth-order valence-corrected chi connectivity index (χ4v) is 6.26. The molecule has 1 N–H and O–H groups in total. The molecule has 0 spiro atoms. The molecule has 3 aromatic rings. The zero-order valence-electron chi connectivity index (χ0n) is 15.8. The summed E-state index contributed by atoms with van der Waals surface area (Å²) in [6, 6.07) is 6.12. The number of halogens is 1. The molecule has 10 heteroatoms. The predicted octanol–water partition coefficient (Wildman–Crippen LogP) is 3.11. The molecule has 0 saturated carbocycles. The number of nitrogens with one attached hydrogen (secondary N) is 1. The molecule has 29 heavy (non-hydrogen) atoms. The molecule has 6 nitrogen and oxygen atoms in total. The number of para-hydroxylation sites is 1. The van der Waals surface area contributed by atoms with Crippen LogP contribution in [-0.4, -0.2) is 36.5 Å².